The number of nitrogens with zero attached hydrogens (tertiary/aromatic N) is 6. The van der Waals surface area contributed by atoms with Gasteiger partial charge in [0.2, 0.25) is 11.7 Å². The summed E-state index contributed by atoms with van der Waals surface area (Å²) in [6.07, 6.45) is -0.632. The fraction of sp³-hybridized carbons (Fsp3) is 0. The number of aromatic nitrogens is 2. The zero-order chi connectivity index (χ0) is 41.0. The minimum atomic E-state index is -5.36. The zero-order valence-electron chi connectivity index (χ0n) is 27.3. The van der Waals surface area contributed by atoms with E-state index in [1.165, 1.54) is 48.5 Å². The Labute approximate surface area is 313 Å². The van der Waals surface area contributed by atoms with Crippen molar-refractivity contribution in [3.8, 4) is 0 Å². The van der Waals surface area contributed by atoms with Crippen molar-refractivity contribution in [1.82, 2.24) is 15.4 Å². The van der Waals surface area contributed by atoms with Crippen LogP contribution in [0.5, 0.6) is 0 Å². The molecular formula is C30H21F2N9O12S3. The lowest BCUT2D eigenvalue weighted by atomic mass is 10.1. The Kier molecular flexibility index (Phi) is 11.5. The Morgan fingerprint density at radius 1 is 0.768 bits per heavy atom. The van der Waals surface area contributed by atoms with Gasteiger partial charge in [-0.1, -0.05) is 12.1 Å². The topological polar surface area (TPSA) is 329 Å². The van der Waals surface area contributed by atoms with Crippen LogP contribution in [0.25, 0.3) is 0 Å². The molecule has 0 spiro atoms. The Morgan fingerprint density at radius 3 is 2.09 bits per heavy atom. The molecule has 1 aliphatic rings. The van der Waals surface area contributed by atoms with Crippen LogP contribution in [0.1, 0.15) is 15.9 Å². The molecule has 5 rings (SSSR count). The second-order valence-corrected chi connectivity index (χ2v) is 15.0. The summed E-state index contributed by atoms with van der Waals surface area (Å²) in [6, 6.07) is 14.6. The van der Waals surface area contributed by atoms with Crippen molar-refractivity contribution in [2.45, 2.75) is 4.90 Å². The normalized spacial score (nSPS) is 14.7. The first kappa shape index (κ1) is 40.5. The van der Waals surface area contributed by atoms with Crippen molar-refractivity contribution in [3.63, 3.8) is 0 Å². The van der Waals surface area contributed by atoms with Crippen LogP contribution in [0.2, 0.25) is 0 Å². The standard InChI is InChI=1S/C30H21F2N9O12S3/c31-25-14-26(35-30(32)34-25)33-16-4-6-17(7-5-16)36-37-18-3-1-2-15(10-18)28(40-38-22-11-19(54(45,46)47)8-9-21(22)29(43)44)41-39-23-12-20(55(48,49)50)13-24(27(23)42)56(51,52)53/h1-14,38H,(H,40,41)(H,43,44)(H,33,34,35)(H,45,46,47)(H,48,49,50)(H,51,52,53)/b37-36?,39-23-. The number of anilines is 3. The number of hydrogen-bond donors (Lipinski definition) is 7. The van der Waals surface area contributed by atoms with Gasteiger partial charge in [-0.05, 0) is 66.7 Å². The summed E-state index contributed by atoms with van der Waals surface area (Å²) in [7, 11) is -15.4. The molecule has 0 fully saturated rings. The van der Waals surface area contributed by atoms with Gasteiger partial charge in [-0.2, -0.15) is 64.4 Å². The molecule has 0 aliphatic heterocycles. The maximum atomic E-state index is 13.4. The maximum absolute atomic E-state index is 13.4. The van der Waals surface area contributed by atoms with E-state index in [0.717, 1.165) is 24.3 Å². The third-order valence-electron chi connectivity index (χ3n) is 6.88. The summed E-state index contributed by atoms with van der Waals surface area (Å²) in [5.74, 6) is -4.81. The van der Waals surface area contributed by atoms with E-state index >= 15 is 0 Å². The van der Waals surface area contributed by atoms with Crippen molar-refractivity contribution in [1.29, 1.82) is 0 Å². The fourth-order valence-corrected chi connectivity index (χ4v) is 6.10. The highest BCUT2D eigenvalue weighted by molar-refractivity contribution is 7.92. The summed E-state index contributed by atoms with van der Waals surface area (Å²) in [6.45, 7) is 0. The minimum absolute atomic E-state index is 0.00207. The second kappa shape index (κ2) is 15.9. The molecule has 21 nitrogen and oxygen atoms in total. The fourth-order valence-electron chi connectivity index (χ4n) is 4.38. The summed E-state index contributed by atoms with van der Waals surface area (Å²) < 4.78 is 126. The average Bonchev–Trinajstić information content (AvgIpc) is 3.10. The molecule has 1 heterocycles. The Bertz CT molecular complexity index is 2760. The highest BCUT2D eigenvalue weighted by atomic mass is 32.2. The van der Waals surface area contributed by atoms with Crippen LogP contribution < -0.4 is 16.2 Å². The number of carbonyl (C=O) groups is 2. The highest BCUT2D eigenvalue weighted by Crippen LogP contribution is 2.25. The molecule has 7 N–H and O–H groups in total. The van der Waals surface area contributed by atoms with E-state index in [9.17, 15) is 62.4 Å². The van der Waals surface area contributed by atoms with Gasteiger partial charge < -0.3 is 10.4 Å². The maximum Gasteiger partial charge on any atom is 0.337 e. The Balaban J connectivity index is 1.51. The number of carbonyl (C=O) groups excluding carboxylic acids is 1. The van der Waals surface area contributed by atoms with E-state index in [0.29, 0.717) is 11.8 Å². The van der Waals surface area contributed by atoms with Crippen molar-refractivity contribution in [2.75, 3.05) is 10.7 Å². The summed E-state index contributed by atoms with van der Waals surface area (Å²) in [5, 5.41) is 28.2. The van der Waals surface area contributed by atoms with E-state index < -0.39 is 91.6 Å². The first-order valence-corrected chi connectivity index (χ1v) is 19.0. The number of hydrogen-bond acceptors (Lipinski definition) is 16. The summed E-state index contributed by atoms with van der Waals surface area (Å²) in [5.41, 5.74) is 3.26. The van der Waals surface area contributed by atoms with Crippen LogP contribution in [-0.2, 0) is 35.1 Å². The number of carboxylic acids is 1. The average molecular weight is 834 g/mol. The summed E-state index contributed by atoms with van der Waals surface area (Å²) >= 11 is 0. The number of ketones is 1. The molecule has 1 aromatic heterocycles. The number of nitrogens with one attached hydrogen (secondary N) is 3. The lowest BCUT2D eigenvalue weighted by molar-refractivity contribution is -0.109. The molecule has 0 bridgehead atoms. The van der Waals surface area contributed by atoms with Gasteiger partial charge in [-0.25, -0.2) is 4.79 Å². The van der Waals surface area contributed by atoms with Crippen LogP contribution in [0.15, 0.2) is 120 Å². The van der Waals surface area contributed by atoms with E-state index in [2.05, 4.69) is 46.6 Å². The molecule has 0 amide bonds. The largest absolute Gasteiger partial charge is 0.478 e. The first-order chi connectivity index (χ1) is 26.2. The second-order valence-electron chi connectivity index (χ2n) is 10.8. The van der Waals surface area contributed by atoms with Gasteiger partial charge in [0, 0.05) is 17.3 Å². The molecule has 0 saturated carbocycles. The first-order valence-electron chi connectivity index (χ1n) is 14.7. The van der Waals surface area contributed by atoms with Gasteiger partial charge in [0.1, 0.15) is 16.4 Å². The third kappa shape index (κ3) is 10.3. The molecule has 1 aliphatic carbocycles. The monoisotopic (exact) mass is 833 g/mol. The number of amidine groups is 1. The van der Waals surface area contributed by atoms with Crippen LogP contribution >= 0.6 is 0 Å². The minimum Gasteiger partial charge on any atom is -0.478 e. The SMILES string of the molecule is O=C1C(S(=O)(=O)O)=CC(S(=O)(=O)O)=C/C1=N/N/C(=N\Nc1cc(S(=O)(=O)O)ccc1C(=O)O)c1cccc(N=Nc2ccc(Nc3cc(F)nc(F)n3)cc2)c1. The van der Waals surface area contributed by atoms with E-state index in [-0.39, 0.29) is 28.8 Å². The lowest BCUT2D eigenvalue weighted by Crippen LogP contribution is -2.29. The van der Waals surface area contributed by atoms with Gasteiger partial charge in [0.25, 0.3) is 30.4 Å². The predicted octanol–water partition coefficient (Wildman–Crippen LogP) is 3.70. The number of aromatic carboxylic acids is 1. The van der Waals surface area contributed by atoms with Crippen LogP contribution in [-0.4, -0.2) is 77.3 Å². The molecular weight excluding hydrogens is 813 g/mol. The molecule has 290 valence electrons. The quantitative estimate of drug-likeness (QED) is 0.0156. The van der Waals surface area contributed by atoms with Crippen molar-refractivity contribution >= 4 is 82.2 Å². The molecule has 4 aromatic rings. The number of azo groups is 1. The molecule has 0 atom stereocenters. The van der Waals surface area contributed by atoms with Crippen molar-refractivity contribution in [3.05, 3.63) is 118 Å². The van der Waals surface area contributed by atoms with Crippen molar-refractivity contribution < 1.29 is 62.4 Å². The molecule has 0 saturated heterocycles. The van der Waals surface area contributed by atoms with E-state index in [1.807, 2.05) is 0 Å². The van der Waals surface area contributed by atoms with Gasteiger partial charge in [0.15, 0.2) is 5.84 Å². The molecule has 56 heavy (non-hydrogen) atoms. The molecule has 3 aromatic carbocycles. The van der Waals surface area contributed by atoms with Crippen molar-refractivity contribution in [2.24, 2.45) is 20.4 Å². The van der Waals surface area contributed by atoms with Crippen LogP contribution in [0.3, 0.4) is 0 Å². The Hall–Kier alpha value is -6.71. The van der Waals surface area contributed by atoms with Gasteiger partial charge in [-0.15, -0.1) is 0 Å². The van der Waals surface area contributed by atoms with Gasteiger partial charge in [0.05, 0.1) is 32.4 Å². The van der Waals surface area contributed by atoms with Crippen LogP contribution in [0, 0.1) is 12.0 Å². The molecule has 0 unspecified atom stereocenters. The number of carboxylic acid groups (broad SMARTS) is 1. The van der Waals surface area contributed by atoms with Gasteiger partial charge in [-0.3, -0.25) is 29.3 Å². The van der Waals surface area contributed by atoms with E-state index in [4.69, 9.17) is 0 Å². The zero-order valence-corrected chi connectivity index (χ0v) is 29.8. The number of allylic oxidation sites excluding steroid dienone is 3. The molecule has 26 heteroatoms. The van der Waals surface area contributed by atoms with E-state index in [1.54, 1.807) is 0 Å². The number of halogens is 2. The molecule has 0 radical (unpaired) electrons. The highest BCUT2D eigenvalue weighted by Gasteiger charge is 2.33. The number of Topliss-reactive ketones (excluding diaryl/α,β-unsaturated/α-hetero) is 1. The predicted molar refractivity (Wildman–Crippen MR) is 191 cm³/mol. The van der Waals surface area contributed by atoms with Gasteiger partial charge >= 0.3 is 12.0 Å². The third-order valence-corrected chi connectivity index (χ3v) is 9.42. The smallest absolute Gasteiger partial charge is 0.337 e. The van der Waals surface area contributed by atoms with Crippen LogP contribution in [0.4, 0.5) is 37.3 Å². The summed E-state index contributed by atoms with van der Waals surface area (Å²) in [4.78, 5) is 27.7. The lowest BCUT2D eigenvalue weighted by Gasteiger charge is -2.13. The number of rotatable bonds is 12. The Morgan fingerprint density at radius 2 is 1.46 bits per heavy atom. The number of benzene rings is 3. The number of hydrazone groups is 2.